The Hall–Kier alpha value is -0.900. The molecule has 0 amide bonds. The van der Waals surface area contributed by atoms with E-state index in [9.17, 15) is 0 Å². The van der Waals surface area contributed by atoms with E-state index in [0.29, 0.717) is 18.6 Å². The van der Waals surface area contributed by atoms with Crippen LogP contribution in [0.1, 0.15) is 24.1 Å². The Morgan fingerprint density at radius 1 is 1.33 bits per heavy atom. The summed E-state index contributed by atoms with van der Waals surface area (Å²) in [4.78, 5) is 4.95. The van der Waals surface area contributed by atoms with E-state index < -0.39 is 0 Å². The Kier molecular flexibility index (Phi) is 4.38. The van der Waals surface area contributed by atoms with Gasteiger partial charge in [-0.15, -0.1) is 0 Å². The first-order valence-corrected chi connectivity index (χ1v) is 6.83. The van der Waals surface area contributed by atoms with Crippen LogP contribution in [-0.4, -0.2) is 49.1 Å². The lowest BCUT2D eigenvalue weighted by Crippen LogP contribution is -2.52. The molecule has 2 rings (SSSR count). The molecule has 1 saturated heterocycles. The average molecular weight is 247 g/mol. The van der Waals surface area contributed by atoms with E-state index in [0.717, 1.165) is 19.6 Å². The van der Waals surface area contributed by atoms with Crippen molar-refractivity contribution in [3.63, 3.8) is 0 Å². The Bertz CT molecular complexity index is 391. The van der Waals surface area contributed by atoms with Crippen molar-refractivity contribution in [1.29, 1.82) is 0 Å². The summed E-state index contributed by atoms with van der Waals surface area (Å²) in [5.41, 5.74) is 8.76. The van der Waals surface area contributed by atoms with Crippen molar-refractivity contribution in [2.45, 2.75) is 25.9 Å². The molecule has 1 aromatic rings. The lowest BCUT2D eigenvalue weighted by molar-refractivity contribution is 0.0739. The molecule has 0 radical (unpaired) electrons. The Morgan fingerprint density at radius 2 is 2.06 bits per heavy atom. The minimum absolute atomic E-state index is 0.363. The molecule has 1 fully saturated rings. The van der Waals surface area contributed by atoms with Gasteiger partial charge in [-0.2, -0.15) is 0 Å². The van der Waals surface area contributed by atoms with E-state index in [4.69, 9.17) is 5.73 Å². The van der Waals surface area contributed by atoms with E-state index in [-0.39, 0.29) is 0 Å². The fourth-order valence-corrected chi connectivity index (χ4v) is 2.79. The smallest absolute Gasteiger partial charge is 0.0474 e. The van der Waals surface area contributed by atoms with Crippen LogP contribution in [0.2, 0.25) is 0 Å². The number of nitrogens with two attached hydrogens (primary N) is 1. The predicted octanol–water partition coefficient (Wildman–Crippen LogP) is 1.63. The fourth-order valence-electron chi connectivity index (χ4n) is 2.79. The van der Waals surface area contributed by atoms with Crippen molar-refractivity contribution in [2.75, 3.05) is 33.2 Å². The van der Waals surface area contributed by atoms with Gasteiger partial charge >= 0.3 is 0 Å². The fraction of sp³-hybridized carbons (Fsp3) is 0.600. The monoisotopic (exact) mass is 247 g/mol. The first kappa shape index (κ1) is 13.5. The maximum absolute atomic E-state index is 6.03. The van der Waals surface area contributed by atoms with Crippen molar-refractivity contribution >= 4 is 0 Å². The molecule has 0 spiro atoms. The summed E-state index contributed by atoms with van der Waals surface area (Å²) < 4.78 is 0. The summed E-state index contributed by atoms with van der Waals surface area (Å²) in [7, 11) is 2.20. The number of hydrogen-bond donors (Lipinski definition) is 1. The molecular formula is C15H25N3. The predicted molar refractivity (Wildman–Crippen MR) is 76.6 cm³/mol. The van der Waals surface area contributed by atoms with Crippen LogP contribution in [0.4, 0.5) is 0 Å². The SMILES string of the molecule is Cc1ccccc1C(CN)N1CCN(C)C(C)C1. The van der Waals surface area contributed by atoms with Crippen molar-refractivity contribution in [1.82, 2.24) is 9.80 Å². The Balaban J connectivity index is 2.17. The van der Waals surface area contributed by atoms with Crippen LogP contribution < -0.4 is 5.73 Å². The van der Waals surface area contributed by atoms with Crippen LogP contribution in [0.5, 0.6) is 0 Å². The summed E-state index contributed by atoms with van der Waals surface area (Å²) >= 11 is 0. The maximum atomic E-state index is 6.03. The molecule has 0 aromatic heterocycles. The van der Waals surface area contributed by atoms with E-state index in [2.05, 4.69) is 55.0 Å². The summed E-state index contributed by atoms with van der Waals surface area (Å²) in [6.07, 6.45) is 0. The lowest BCUT2D eigenvalue weighted by Gasteiger charge is -2.42. The van der Waals surface area contributed by atoms with Crippen LogP contribution in [0.15, 0.2) is 24.3 Å². The van der Waals surface area contributed by atoms with Gasteiger partial charge in [-0.25, -0.2) is 0 Å². The van der Waals surface area contributed by atoms with Crippen LogP contribution in [0.25, 0.3) is 0 Å². The topological polar surface area (TPSA) is 32.5 Å². The molecule has 2 unspecified atom stereocenters. The van der Waals surface area contributed by atoms with Crippen molar-refractivity contribution in [3.8, 4) is 0 Å². The average Bonchev–Trinajstić information content (AvgIpc) is 2.37. The number of piperazine rings is 1. The summed E-state index contributed by atoms with van der Waals surface area (Å²) in [5.74, 6) is 0. The van der Waals surface area contributed by atoms with Crippen LogP contribution in [-0.2, 0) is 0 Å². The third-order valence-electron chi connectivity index (χ3n) is 4.20. The van der Waals surface area contributed by atoms with Crippen LogP contribution in [0.3, 0.4) is 0 Å². The highest BCUT2D eigenvalue weighted by atomic mass is 15.3. The third-order valence-corrected chi connectivity index (χ3v) is 4.20. The molecule has 2 N–H and O–H groups in total. The van der Waals surface area contributed by atoms with Gasteiger partial charge in [0.1, 0.15) is 0 Å². The lowest BCUT2D eigenvalue weighted by atomic mass is 9.98. The zero-order valence-corrected chi connectivity index (χ0v) is 11.8. The molecule has 0 bridgehead atoms. The second-order valence-corrected chi connectivity index (χ2v) is 5.43. The highest BCUT2D eigenvalue weighted by Crippen LogP contribution is 2.25. The van der Waals surface area contributed by atoms with E-state index in [1.165, 1.54) is 11.1 Å². The summed E-state index contributed by atoms with van der Waals surface area (Å²) in [6.45, 7) is 8.50. The van der Waals surface area contributed by atoms with Gasteiger partial charge in [0.15, 0.2) is 0 Å². The first-order valence-electron chi connectivity index (χ1n) is 6.83. The van der Waals surface area contributed by atoms with Gasteiger partial charge in [0, 0.05) is 38.3 Å². The van der Waals surface area contributed by atoms with Crippen LogP contribution in [0, 0.1) is 6.92 Å². The zero-order valence-electron chi connectivity index (χ0n) is 11.8. The normalized spacial score (nSPS) is 24.1. The molecule has 2 atom stereocenters. The maximum Gasteiger partial charge on any atom is 0.0474 e. The Morgan fingerprint density at radius 3 is 2.67 bits per heavy atom. The number of aryl methyl sites for hydroxylation is 1. The molecular weight excluding hydrogens is 222 g/mol. The van der Waals surface area contributed by atoms with E-state index in [1.54, 1.807) is 0 Å². The number of likely N-dealkylation sites (N-methyl/N-ethyl adjacent to an activating group) is 1. The van der Waals surface area contributed by atoms with Crippen LogP contribution >= 0.6 is 0 Å². The largest absolute Gasteiger partial charge is 0.329 e. The minimum atomic E-state index is 0.363. The highest BCUT2D eigenvalue weighted by molar-refractivity contribution is 5.29. The van der Waals surface area contributed by atoms with Gasteiger partial charge in [0.2, 0.25) is 0 Å². The van der Waals surface area contributed by atoms with E-state index >= 15 is 0 Å². The third kappa shape index (κ3) is 2.74. The first-order chi connectivity index (χ1) is 8.63. The molecule has 3 heteroatoms. The molecule has 100 valence electrons. The van der Waals surface area contributed by atoms with Crippen molar-refractivity contribution < 1.29 is 0 Å². The summed E-state index contributed by atoms with van der Waals surface area (Å²) in [5, 5.41) is 0. The van der Waals surface area contributed by atoms with Gasteiger partial charge in [0.25, 0.3) is 0 Å². The number of rotatable bonds is 3. The molecule has 0 saturated carbocycles. The number of hydrogen-bond acceptors (Lipinski definition) is 3. The second kappa shape index (κ2) is 5.83. The van der Waals surface area contributed by atoms with Gasteiger partial charge < -0.3 is 10.6 Å². The molecule has 3 nitrogen and oxygen atoms in total. The Labute approximate surface area is 111 Å². The van der Waals surface area contributed by atoms with E-state index in [1.807, 2.05) is 0 Å². The highest BCUT2D eigenvalue weighted by Gasteiger charge is 2.27. The number of benzene rings is 1. The molecule has 1 aromatic carbocycles. The molecule has 1 aliphatic heterocycles. The quantitative estimate of drug-likeness (QED) is 0.881. The molecule has 0 aliphatic carbocycles. The second-order valence-electron chi connectivity index (χ2n) is 5.43. The minimum Gasteiger partial charge on any atom is -0.329 e. The molecule has 1 aliphatic rings. The summed E-state index contributed by atoms with van der Waals surface area (Å²) in [6, 6.07) is 9.58. The van der Waals surface area contributed by atoms with Gasteiger partial charge in [-0.05, 0) is 32.0 Å². The zero-order chi connectivity index (χ0) is 13.1. The van der Waals surface area contributed by atoms with Crippen molar-refractivity contribution in [3.05, 3.63) is 35.4 Å². The number of nitrogens with zero attached hydrogens (tertiary/aromatic N) is 2. The van der Waals surface area contributed by atoms with Gasteiger partial charge in [-0.3, -0.25) is 4.90 Å². The standard InChI is InChI=1S/C15H25N3/c1-12-6-4-5-7-14(12)15(10-16)18-9-8-17(3)13(2)11-18/h4-7,13,15H,8-11,16H2,1-3H3. The molecule has 18 heavy (non-hydrogen) atoms. The van der Waals surface area contributed by atoms with Gasteiger partial charge in [-0.1, -0.05) is 24.3 Å². The van der Waals surface area contributed by atoms with Gasteiger partial charge in [0.05, 0.1) is 0 Å². The van der Waals surface area contributed by atoms with Crippen molar-refractivity contribution in [2.24, 2.45) is 5.73 Å². The molecule has 1 heterocycles.